The van der Waals surface area contributed by atoms with Gasteiger partial charge in [0.1, 0.15) is 6.07 Å². The molecule has 0 bridgehead atoms. The van der Waals surface area contributed by atoms with Gasteiger partial charge in [-0.2, -0.15) is 5.26 Å². The molecule has 2 aromatic carbocycles. The molecule has 1 fully saturated rings. The van der Waals surface area contributed by atoms with Crippen molar-refractivity contribution in [2.45, 2.75) is 58.4 Å². The normalized spacial score (nSPS) is 16.5. The van der Waals surface area contributed by atoms with Crippen LogP contribution in [0.1, 0.15) is 68.0 Å². The van der Waals surface area contributed by atoms with Gasteiger partial charge < -0.3 is 19.9 Å². The average molecular weight is 519 g/mol. The number of halogens is 2. The molecular formula is C27H28BF2N5O3. The maximum Gasteiger partial charge on any atom is 0.494 e. The number of nitrogens with zero attached hydrogens (tertiary/aromatic N) is 3. The van der Waals surface area contributed by atoms with Crippen molar-refractivity contribution in [3.05, 3.63) is 82.8 Å². The molecule has 1 aliphatic heterocycles. The maximum absolute atomic E-state index is 13.6. The monoisotopic (exact) mass is 519 g/mol. The van der Waals surface area contributed by atoms with Gasteiger partial charge >= 0.3 is 7.12 Å². The molecule has 1 aliphatic rings. The molecule has 2 N–H and O–H groups in total. The van der Waals surface area contributed by atoms with Crippen LogP contribution in [0.4, 0.5) is 14.6 Å². The quantitative estimate of drug-likeness (QED) is 0.454. The number of hydrogen-bond donors (Lipinski definition) is 2. The summed E-state index contributed by atoms with van der Waals surface area (Å²) in [6.07, 6.45) is 1.26. The van der Waals surface area contributed by atoms with Crippen LogP contribution in [-0.2, 0) is 15.9 Å². The van der Waals surface area contributed by atoms with Gasteiger partial charge in [-0.25, -0.2) is 18.7 Å². The number of carbonyl (C=O) groups excluding carboxylic acids is 1. The van der Waals surface area contributed by atoms with E-state index in [1.165, 1.54) is 12.3 Å². The lowest BCUT2D eigenvalue weighted by atomic mass is 9.79. The predicted molar refractivity (Wildman–Crippen MR) is 138 cm³/mol. The average Bonchev–Trinajstić information content (AvgIpc) is 3.10. The van der Waals surface area contributed by atoms with E-state index < -0.39 is 41.9 Å². The summed E-state index contributed by atoms with van der Waals surface area (Å²) in [6.45, 7) is 9.93. The van der Waals surface area contributed by atoms with Gasteiger partial charge in [-0.1, -0.05) is 30.3 Å². The van der Waals surface area contributed by atoms with Gasteiger partial charge in [0, 0.05) is 6.54 Å². The third-order valence-corrected chi connectivity index (χ3v) is 6.86. The molecule has 2 heterocycles. The lowest BCUT2D eigenvalue weighted by molar-refractivity contribution is 0.00578. The van der Waals surface area contributed by atoms with E-state index in [1.807, 2.05) is 58.0 Å². The largest absolute Gasteiger partial charge is 0.494 e. The second-order valence-electron chi connectivity index (χ2n) is 10.1. The number of anilines is 1. The summed E-state index contributed by atoms with van der Waals surface area (Å²) in [4.78, 5) is 21.3. The lowest BCUT2D eigenvalue weighted by Crippen LogP contribution is -2.41. The fourth-order valence-corrected chi connectivity index (χ4v) is 3.82. The molecule has 0 aliphatic carbocycles. The van der Waals surface area contributed by atoms with E-state index in [0.29, 0.717) is 12.1 Å². The molecular weight excluding hydrogens is 491 g/mol. The molecule has 1 aromatic heterocycles. The van der Waals surface area contributed by atoms with E-state index in [1.54, 1.807) is 6.92 Å². The first-order valence-corrected chi connectivity index (χ1v) is 12.1. The molecule has 3 aromatic rings. The van der Waals surface area contributed by atoms with Gasteiger partial charge in [-0.3, -0.25) is 4.79 Å². The zero-order valence-corrected chi connectivity index (χ0v) is 21.8. The molecule has 1 atom stereocenters. The van der Waals surface area contributed by atoms with Crippen molar-refractivity contribution in [3.8, 4) is 6.07 Å². The smallest absolute Gasteiger partial charge is 0.399 e. The summed E-state index contributed by atoms with van der Waals surface area (Å²) in [6, 6.07) is 12.3. The van der Waals surface area contributed by atoms with Gasteiger partial charge in [0.15, 0.2) is 28.8 Å². The number of nitrogens with one attached hydrogen (secondary N) is 2. The van der Waals surface area contributed by atoms with Crippen molar-refractivity contribution in [2.24, 2.45) is 0 Å². The van der Waals surface area contributed by atoms with E-state index in [2.05, 4.69) is 20.6 Å². The molecule has 1 saturated heterocycles. The Kier molecular flexibility index (Phi) is 7.49. The zero-order chi connectivity index (χ0) is 27.7. The summed E-state index contributed by atoms with van der Waals surface area (Å²) >= 11 is 0. The van der Waals surface area contributed by atoms with Crippen LogP contribution in [0.25, 0.3) is 0 Å². The first-order valence-electron chi connectivity index (χ1n) is 12.1. The molecule has 38 heavy (non-hydrogen) atoms. The van der Waals surface area contributed by atoms with E-state index in [9.17, 15) is 18.8 Å². The van der Waals surface area contributed by atoms with Gasteiger partial charge in [-0.15, -0.1) is 0 Å². The van der Waals surface area contributed by atoms with Crippen LogP contribution in [0.2, 0.25) is 0 Å². The van der Waals surface area contributed by atoms with Gasteiger partial charge in [-0.05, 0) is 63.3 Å². The second kappa shape index (κ2) is 10.5. The highest BCUT2D eigenvalue weighted by Gasteiger charge is 2.51. The predicted octanol–water partition coefficient (Wildman–Crippen LogP) is 4.03. The number of nitriles is 1. The van der Waals surface area contributed by atoms with Crippen molar-refractivity contribution in [1.29, 1.82) is 5.26 Å². The van der Waals surface area contributed by atoms with E-state index >= 15 is 0 Å². The Bertz CT molecular complexity index is 1380. The van der Waals surface area contributed by atoms with Crippen molar-refractivity contribution in [3.63, 3.8) is 0 Å². The van der Waals surface area contributed by atoms with Gasteiger partial charge in [0.25, 0.3) is 5.91 Å². The highest BCUT2D eigenvalue weighted by Crippen LogP contribution is 2.36. The zero-order valence-electron chi connectivity index (χ0n) is 21.8. The van der Waals surface area contributed by atoms with Crippen molar-refractivity contribution in [1.82, 2.24) is 15.3 Å². The van der Waals surface area contributed by atoms with E-state index in [-0.39, 0.29) is 17.2 Å². The minimum absolute atomic E-state index is 0.0343. The molecule has 11 heteroatoms. The fraction of sp³-hybridized carbons (Fsp3) is 0.333. The molecule has 1 unspecified atom stereocenters. The van der Waals surface area contributed by atoms with Crippen LogP contribution in [0.15, 0.2) is 48.7 Å². The number of aromatic nitrogens is 2. The van der Waals surface area contributed by atoms with E-state index in [0.717, 1.165) is 23.2 Å². The SMILES string of the molecule is CC(NC(=O)c1nc(C#N)cnc1NCc1ccc(B2OC(C)(C)C(C)(C)O2)cc1)c1ccc(F)c(F)c1. The van der Waals surface area contributed by atoms with Gasteiger partial charge in [0.05, 0.1) is 23.4 Å². The Morgan fingerprint density at radius 3 is 2.34 bits per heavy atom. The third-order valence-electron chi connectivity index (χ3n) is 6.86. The van der Waals surface area contributed by atoms with Gasteiger partial charge in [0.2, 0.25) is 0 Å². The van der Waals surface area contributed by atoms with Crippen LogP contribution in [0.5, 0.6) is 0 Å². The lowest BCUT2D eigenvalue weighted by Gasteiger charge is -2.32. The Morgan fingerprint density at radius 1 is 1.08 bits per heavy atom. The fourth-order valence-electron chi connectivity index (χ4n) is 3.82. The highest BCUT2D eigenvalue weighted by molar-refractivity contribution is 6.62. The minimum atomic E-state index is -1.01. The molecule has 196 valence electrons. The molecule has 4 rings (SSSR count). The Morgan fingerprint density at radius 2 is 1.74 bits per heavy atom. The Hall–Kier alpha value is -3.88. The molecule has 0 radical (unpaired) electrons. The maximum atomic E-state index is 13.6. The van der Waals surface area contributed by atoms with Crippen LogP contribution < -0.4 is 16.1 Å². The second-order valence-corrected chi connectivity index (χ2v) is 10.1. The Labute approximate surface area is 220 Å². The third kappa shape index (κ3) is 5.66. The van der Waals surface area contributed by atoms with E-state index in [4.69, 9.17) is 9.31 Å². The summed E-state index contributed by atoms with van der Waals surface area (Å²) in [5.74, 6) is -2.43. The molecule has 0 spiro atoms. The number of rotatable bonds is 7. The van der Waals surface area contributed by atoms with Crippen molar-refractivity contribution >= 4 is 24.3 Å². The van der Waals surface area contributed by atoms with Crippen molar-refractivity contribution < 1.29 is 22.9 Å². The highest BCUT2D eigenvalue weighted by atomic mass is 19.2. The van der Waals surface area contributed by atoms with Crippen LogP contribution in [-0.4, -0.2) is 34.2 Å². The molecule has 0 saturated carbocycles. The molecule has 8 nitrogen and oxygen atoms in total. The summed E-state index contributed by atoms with van der Waals surface area (Å²) in [7, 11) is -0.474. The minimum Gasteiger partial charge on any atom is -0.399 e. The number of hydrogen-bond acceptors (Lipinski definition) is 7. The number of benzene rings is 2. The van der Waals surface area contributed by atoms with Crippen LogP contribution in [0, 0.1) is 23.0 Å². The summed E-state index contributed by atoms with van der Waals surface area (Å²) in [5.41, 5.74) is 1.16. The number of amides is 1. The summed E-state index contributed by atoms with van der Waals surface area (Å²) < 4.78 is 39.1. The first-order chi connectivity index (χ1) is 17.9. The first kappa shape index (κ1) is 27.2. The van der Waals surface area contributed by atoms with Crippen LogP contribution in [0.3, 0.4) is 0 Å². The Balaban J connectivity index is 1.46. The topological polar surface area (TPSA) is 109 Å². The van der Waals surface area contributed by atoms with Crippen molar-refractivity contribution in [2.75, 3.05) is 5.32 Å². The number of carbonyl (C=O) groups is 1. The molecule has 1 amide bonds. The summed E-state index contributed by atoms with van der Waals surface area (Å²) in [5, 5.41) is 15.0. The standard InChI is InChI=1S/C27H28BF2N5O3/c1-16(18-8-11-21(29)22(30)12-18)34-25(36)23-24(33-15-20(13-31)35-23)32-14-17-6-9-19(10-7-17)28-37-26(2,3)27(4,5)38-28/h6-12,15-16H,14H2,1-5H3,(H,32,33)(H,34,36). The van der Waals surface area contributed by atoms with Crippen LogP contribution >= 0.6 is 0 Å².